The second kappa shape index (κ2) is 16.4. The maximum Gasteiger partial charge on any atom is 0.405 e. The molecule has 20 heteroatoms. The molecule has 338 valence electrons. The Labute approximate surface area is 364 Å². The molecule has 2 aromatic heterocycles. The highest BCUT2D eigenvalue weighted by atomic mass is 19.1. The number of rotatable bonds is 10. The molecule has 4 atom stereocenters. The van der Waals surface area contributed by atoms with E-state index in [2.05, 4.69) is 30.6 Å². The number of benzene rings is 3. The van der Waals surface area contributed by atoms with Crippen molar-refractivity contribution in [2.45, 2.75) is 76.3 Å². The van der Waals surface area contributed by atoms with E-state index < -0.39 is 71.4 Å². The molecule has 9 rings (SSSR count). The largest absolute Gasteiger partial charge is 0.465 e. The number of hydrogen-bond acceptors (Lipinski definition) is 10. The summed E-state index contributed by atoms with van der Waals surface area (Å²) < 4.78 is 55.5. The highest BCUT2D eigenvalue weighted by Gasteiger charge is 2.54. The summed E-state index contributed by atoms with van der Waals surface area (Å²) in [7, 11) is 0. The third kappa shape index (κ3) is 7.88. The molecule has 4 saturated heterocycles. The van der Waals surface area contributed by atoms with Gasteiger partial charge in [0.25, 0.3) is 0 Å². The van der Waals surface area contributed by atoms with Crippen molar-refractivity contribution in [2.24, 2.45) is 11.8 Å². The summed E-state index contributed by atoms with van der Waals surface area (Å²) in [5.41, 5.74) is 3.23. The van der Waals surface area contributed by atoms with Crippen molar-refractivity contribution >= 4 is 46.1 Å². The van der Waals surface area contributed by atoms with Gasteiger partial charge >= 0.3 is 12.2 Å². The van der Waals surface area contributed by atoms with Crippen LogP contribution in [0.4, 0.5) is 18.4 Å². The standard InChI is InChI=1S/C44H48F2N8O10/c1-21(2)33(51-41(57)58)39(55)53-19-43(61-9-10-62-43)17-31(53)37-47-29-15-25(13-27(45)35(29)49-37)23-5-7-24(8-6-23)26-14-28(46)36-30(16-26)48-38(50-36)32-18-44(63-11-12-64-44)20-54(32)40(56)34(22(3)4)52-42(59)60/h5-8,13-16,21-22,31-34,51-52H,9-12,17-20H2,1-4H3,(H,47,49)(H,48,50)(H,57,58)(H,59,60)/t31-,32-,33-,34-/m0/s1. The van der Waals surface area contributed by atoms with Gasteiger partial charge in [0.15, 0.2) is 23.2 Å². The van der Waals surface area contributed by atoms with Crippen LogP contribution in [0.2, 0.25) is 0 Å². The van der Waals surface area contributed by atoms with Crippen molar-refractivity contribution in [3.8, 4) is 22.3 Å². The molecule has 64 heavy (non-hydrogen) atoms. The first-order chi connectivity index (χ1) is 30.5. The molecule has 5 aromatic rings. The summed E-state index contributed by atoms with van der Waals surface area (Å²) in [5, 5.41) is 23.6. The lowest BCUT2D eigenvalue weighted by atomic mass is 9.99. The van der Waals surface area contributed by atoms with Gasteiger partial charge < -0.3 is 59.6 Å². The van der Waals surface area contributed by atoms with E-state index in [1.807, 2.05) is 0 Å². The number of carbonyl (C=O) groups excluding carboxylic acids is 2. The summed E-state index contributed by atoms with van der Waals surface area (Å²) in [6.45, 7) is 8.32. The van der Waals surface area contributed by atoms with Crippen molar-refractivity contribution < 1.29 is 57.1 Å². The van der Waals surface area contributed by atoms with Gasteiger partial charge in [-0.1, -0.05) is 52.0 Å². The molecule has 0 saturated carbocycles. The van der Waals surface area contributed by atoms with Crippen molar-refractivity contribution in [3.63, 3.8) is 0 Å². The van der Waals surface area contributed by atoms with Crippen LogP contribution >= 0.6 is 0 Å². The van der Waals surface area contributed by atoms with Gasteiger partial charge in [-0.15, -0.1) is 0 Å². The van der Waals surface area contributed by atoms with Gasteiger partial charge in [-0.2, -0.15) is 0 Å². The Morgan fingerprint density at radius 3 is 1.33 bits per heavy atom. The quantitative estimate of drug-likeness (QED) is 0.0996. The Kier molecular flexibility index (Phi) is 11.0. The predicted molar refractivity (Wildman–Crippen MR) is 224 cm³/mol. The first-order valence-corrected chi connectivity index (χ1v) is 21.2. The molecule has 0 aliphatic carbocycles. The van der Waals surface area contributed by atoms with Gasteiger partial charge in [0.05, 0.1) is 62.6 Å². The average molecular weight is 887 g/mol. The van der Waals surface area contributed by atoms with Gasteiger partial charge in [0.1, 0.15) is 34.8 Å². The number of aromatic nitrogens is 4. The van der Waals surface area contributed by atoms with E-state index in [1.165, 1.54) is 21.9 Å². The van der Waals surface area contributed by atoms with E-state index in [0.717, 1.165) is 0 Å². The zero-order valence-corrected chi connectivity index (χ0v) is 35.4. The summed E-state index contributed by atoms with van der Waals surface area (Å²) >= 11 is 0. The van der Waals surface area contributed by atoms with Crippen LogP contribution in [0.5, 0.6) is 0 Å². The number of nitrogens with zero attached hydrogens (tertiary/aromatic N) is 4. The highest BCUT2D eigenvalue weighted by molar-refractivity contribution is 5.89. The summed E-state index contributed by atoms with van der Waals surface area (Å²) in [6, 6.07) is 9.77. The van der Waals surface area contributed by atoms with Crippen LogP contribution in [0, 0.1) is 23.5 Å². The molecule has 4 aliphatic rings. The minimum Gasteiger partial charge on any atom is -0.465 e. The van der Waals surface area contributed by atoms with Crippen LogP contribution in [-0.2, 0) is 28.5 Å². The zero-order chi connectivity index (χ0) is 45.2. The average Bonchev–Trinajstić information content (AvgIpc) is 4.12. The molecule has 6 N–H and O–H groups in total. The number of halogens is 2. The number of carboxylic acid groups (broad SMARTS) is 2. The van der Waals surface area contributed by atoms with Gasteiger partial charge in [-0.3, -0.25) is 9.59 Å². The lowest BCUT2D eigenvalue weighted by molar-refractivity contribution is -0.153. The Morgan fingerprint density at radius 1 is 0.641 bits per heavy atom. The predicted octanol–water partition coefficient (Wildman–Crippen LogP) is 5.67. The van der Waals surface area contributed by atoms with Gasteiger partial charge in [-0.05, 0) is 58.4 Å². The maximum atomic E-state index is 15.9. The van der Waals surface area contributed by atoms with E-state index in [-0.39, 0.29) is 48.8 Å². The first kappa shape index (κ1) is 43.1. The van der Waals surface area contributed by atoms with Crippen LogP contribution in [0.15, 0.2) is 48.5 Å². The van der Waals surface area contributed by atoms with Crippen molar-refractivity contribution in [3.05, 3.63) is 71.8 Å². The van der Waals surface area contributed by atoms with E-state index in [1.54, 1.807) is 64.1 Å². The number of amides is 4. The highest BCUT2D eigenvalue weighted by Crippen LogP contribution is 2.45. The molecule has 4 amide bonds. The number of carbonyl (C=O) groups is 4. The van der Waals surface area contributed by atoms with Crippen LogP contribution in [0.25, 0.3) is 44.3 Å². The lowest BCUT2D eigenvalue weighted by Gasteiger charge is -2.29. The molecule has 18 nitrogen and oxygen atoms in total. The number of likely N-dealkylation sites (tertiary alicyclic amines) is 2. The molecule has 0 bridgehead atoms. The Balaban J connectivity index is 0.980. The van der Waals surface area contributed by atoms with E-state index in [0.29, 0.717) is 71.4 Å². The normalized spacial score (nSPS) is 21.2. The lowest BCUT2D eigenvalue weighted by Crippen LogP contribution is -2.51. The molecule has 0 radical (unpaired) electrons. The summed E-state index contributed by atoms with van der Waals surface area (Å²) in [6.07, 6.45) is -2.27. The van der Waals surface area contributed by atoms with Crippen molar-refractivity contribution in [2.75, 3.05) is 39.5 Å². The van der Waals surface area contributed by atoms with Gasteiger partial charge in [0, 0.05) is 12.8 Å². The number of aromatic amines is 2. The number of hydrogen-bond donors (Lipinski definition) is 6. The van der Waals surface area contributed by atoms with E-state index in [9.17, 15) is 29.4 Å². The number of fused-ring (bicyclic) bond motifs is 2. The topological polar surface area (TPSA) is 234 Å². The van der Waals surface area contributed by atoms with Crippen LogP contribution in [0.1, 0.15) is 64.3 Å². The minimum absolute atomic E-state index is 0.0368. The monoisotopic (exact) mass is 886 g/mol. The molecule has 2 spiro atoms. The molecule has 4 fully saturated rings. The van der Waals surface area contributed by atoms with Crippen LogP contribution < -0.4 is 10.6 Å². The molecular weight excluding hydrogens is 839 g/mol. The number of imidazole rings is 2. The molecule has 3 aromatic carbocycles. The summed E-state index contributed by atoms with van der Waals surface area (Å²) in [4.78, 5) is 69.5. The third-order valence-corrected chi connectivity index (χ3v) is 12.5. The van der Waals surface area contributed by atoms with E-state index in [4.69, 9.17) is 18.9 Å². The maximum absolute atomic E-state index is 15.9. The molecular formula is C44H48F2N8O10. The van der Waals surface area contributed by atoms with E-state index >= 15 is 8.78 Å². The minimum atomic E-state index is -1.33. The Morgan fingerprint density at radius 2 is 1.00 bits per heavy atom. The summed E-state index contributed by atoms with van der Waals surface area (Å²) in [5.74, 6) is -4.53. The Bertz CT molecular complexity index is 2460. The second-order valence-corrected chi connectivity index (χ2v) is 17.5. The fourth-order valence-electron chi connectivity index (χ4n) is 9.39. The zero-order valence-electron chi connectivity index (χ0n) is 35.4. The Hall–Kier alpha value is -6.22. The van der Waals surface area contributed by atoms with Gasteiger partial charge in [-0.25, -0.2) is 28.3 Å². The van der Waals surface area contributed by atoms with Crippen molar-refractivity contribution in [1.29, 1.82) is 0 Å². The fraction of sp³-hybridized carbons (Fsp3) is 0.455. The van der Waals surface area contributed by atoms with Gasteiger partial charge in [0.2, 0.25) is 11.8 Å². The SMILES string of the molecule is CC(C)[C@H](NC(=O)O)C(=O)N1CC2(C[C@H]1c1nc3c(F)cc(-c4ccc(-c5cc(F)c6nc([C@@H]7CC8(CN7C(=O)[C@@H](NC(=O)O)C(C)C)OCCO8)[nH]c6c5)cc4)cc3[nH]1)OCCO2. The smallest absolute Gasteiger partial charge is 0.405 e. The molecule has 6 heterocycles. The van der Waals surface area contributed by atoms with Crippen LogP contribution in [0.3, 0.4) is 0 Å². The first-order valence-electron chi connectivity index (χ1n) is 21.2. The third-order valence-electron chi connectivity index (χ3n) is 12.5. The van der Waals surface area contributed by atoms with Crippen molar-refractivity contribution in [1.82, 2.24) is 40.4 Å². The number of H-pyrrole nitrogens is 2. The number of ether oxygens (including phenoxy) is 4. The van der Waals surface area contributed by atoms with Crippen LogP contribution in [-0.4, -0.2) is 127 Å². The molecule has 0 unspecified atom stereocenters. The number of nitrogens with one attached hydrogen (secondary N) is 4. The second-order valence-electron chi connectivity index (χ2n) is 17.5. The molecule has 4 aliphatic heterocycles. The fourth-order valence-corrected chi connectivity index (χ4v) is 9.39.